The Hall–Kier alpha value is -2.71. The average molecular weight is 356 g/mol. The standard InChI is InChI=1S/C16H19F3N4O2/c1-3-8-23(11-14-20-7-9-22(14)2)15(24)21-12-5-4-6-13(10-12)25-16(17,18)19/h4-7,9-10H,3,8,11H2,1-2H3,(H,21,24). The number of anilines is 1. The van der Waals surface area contributed by atoms with Crippen molar-refractivity contribution in [3.63, 3.8) is 0 Å². The zero-order valence-electron chi connectivity index (χ0n) is 13.9. The minimum atomic E-state index is -4.78. The lowest BCUT2D eigenvalue weighted by Crippen LogP contribution is -2.35. The molecule has 0 fully saturated rings. The molecule has 136 valence electrons. The molecule has 0 bridgehead atoms. The number of carbonyl (C=O) groups excluding carboxylic acids is 1. The zero-order valence-corrected chi connectivity index (χ0v) is 13.9. The number of benzene rings is 1. The smallest absolute Gasteiger partial charge is 0.406 e. The van der Waals surface area contributed by atoms with Crippen LogP contribution in [0, 0.1) is 0 Å². The van der Waals surface area contributed by atoms with Crippen molar-refractivity contribution in [2.75, 3.05) is 11.9 Å². The first kappa shape index (κ1) is 18.6. The second kappa shape index (κ2) is 7.91. The summed E-state index contributed by atoms with van der Waals surface area (Å²) in [6, 6.07) is 4.73. The Kier molecular flexibility index (Phi) is 5.89. The van der Waals surface area contributed by atoms with Gasteiger partial charge < -0.3 is 19.5 Å². The Morgan fingerprint density at radius 2 is 2.16 bits per heavy atom. The molecule has 25 heavy (non-hydrogen) atoms. The van der Waals surface area contributed by atoms with Crippen LogP contribution in [-0.4, -0.2) is 33.4 Å². The molecule has 1 N–H and O–H groups in total. The summed E-state index contributed by atoms with van der Waals surface area (Å²) in [7, 11) is 1.82. The van der Waals surface area contributed by atoms with Gasteiger partial charge >= 0.3 is 12.4 Å². The van der Waals surface area contributed by atoms with Crippen LogP contribution in [0.2, 0.25) is 0 Å². The van der Waals surface area contributed by atoms with E-state index >= 15 is 0 Å². The van der Waals surface area contributed by atoms with Crippen LogP contribution in [-0.2, 0) is 13.6 Å². The van der Waals surface area contributed by atoms with Crippen LogP contribution in [0.15, 0.2) is 36.7 Å². The number of hydrogen-bond donors (Lipinski definition) is 1. The summed E-state index contributed by atoms with van der Waals surface area (Å²) in [6.45, 7) is 2.70. The van der Waals surface area contributed by atoms with Crippen molar-refractivity contribution in [3.05, 3.63) is 42.5 Å². The fourth-order valence-electron chi connectivity index (χ4n) is 2.22. The van der Waals surface area contributed by atoms with E-state index in [1.54, 1.807) is 21.9 Å². The van der Waals surface area contributed by atoms with E-state index in [4.69, 9.17) is 0 Å². The van der Waals surface area contributed by atoms with E-state index in [-0.39, 0.29) is 5.69 Å². The predicted molar refractivity (Wildman–Crippen MR) is 86.1 cm³/mol. The van der Waals surface area contributed by atoms with Crippen LogP contribution in [0.25, 0.3) is 0 Å². The SMILES string of the molecule is CCCN(Cc1nccn1C)C(=O)Nc1cccc(OC(F)(F)F)c1. The van der Waals surface area contributed by atoms with E-state index in [1.807, 2.05) is 14.0 Å². The molecule has 6 nitrogen and oxygen atoms in total. The van der Waals surface area contributed by atoms with Gasteiger partial charge in [-0.15, -0.1) is 13.2 Å². The Bertz CT molecular complexity index is 715. The number of nitrogens with one attached hydrogen (secondary N) is 1. The summed E-state index contributed by atoms with van der Waals surface area (Å²) < 4.78 is 42.5. The van der Waals surface area contributed by atoms with E-state index in [0.717, 1.165) is 12.5 Å². The molecule has 1 heterocycles. The highest BCUT2D eigenvalue weighted by Crippen LogP contribution is 2.25. The van der Waals surface area contributed by atoms with Crippen molar-refractivity contribution >= 4 is 11.7 Å². The van der Waals surface area contributed by atoms with Crippen LogP contribution in [0.5, 0.6) is 5.75 Å². The number of amides is 2. The van der Waals surface area contributed by atoms with Crippen LogP contribution in [0.1, 0.15) is 19.2 Å². The van der Waals surface area contributed by atoms with Crippen molar-refractivity contribution in [2.24, 2.45) is 7.05 Å². The molecule has 9 heteroatoms. The minimum Gasteiger partial charge on any atom is -0.406 e. The second-order valence-electron chi connectivity index (χ2n) is 5.38. The van der Waals surface area contributed by atoms with Gasteiger partial charge in [-0.3, -0.25) is 0 Å². The topological polar surface area (TPSA) is 59.4 Å². The molecule has 1 aromatic heterocycles. The van der Waals surface area contributed by atoms with E-state index in [2.05, 4.69) is 15.0 Å². The van der Waals surface area contributed by atoms with Gasteiger partial charge in [0.1, 0.15) is 11.6 Å². The largest absolute Gasteiger partial charge is 0.573 e. The molecule has 0 saturated carbocycles. The predicted octanol–water partition coefficient (Wildman–Crippen LogP) is 3.76. The number of alkyl halides is 3. The fourth-order valence-corrected chi connectivity index (χ4v) is 2.22. The number of imidazole rings is 1. The Labute approximate surface area is 143 Å². The Morgan fingerprint density at radius 3 is 2.76 bits per heavy atom. The van der Waals surface area contributed by atoms with Crippen molar-refractivity contribution in [3.8, 4) is 5.75 Å². The van der Waals surface area contributed by atoms with Crippen LogP contribution in [0.4, 0.5) is 23.7 Å². The molecule has 0 spiro atoms. The summed E-state index contributed by atoms with van der Waals surface area (Å²) in [5, 5.41) is 2.59. The normalized spacial score (nSPS) is 11.2. The van der Waals surface area contributed by atoms with Gasteiger partial charge in [0.2, 0.25) is 0 Å². The third-order valence-corrected chi connectivity index (χ3v) is 3.35. The van der Waals surface area contributed by atoms with Crippen molar-refractivity contribution < 1.29 is 22.7 Å². The number of aryl methyl sites for hydroxylation is 1. The highest BCUT2D eigenvalue weighted by atomic mass is 19.4. The molecule has 0 saturated heterocycles. The van der Waals surface area contributed by atoms with Crippen molar-refractivity contribution in [1.82, 2.24) is 14.5 Å². The molecule has 2 aromatic rings. The number of urea groups is 1. The van der Waals surface area contributed by atoms with Gasteiger partial charge in [0.05, 0.1) is 6.54 Å². The van der Waals surface area contributed by atoms with Gasteiger partial charge in [0.15, 0.2) is 0 Å². The number of aromatic nitrogens is 2. The second-order valence-corrected chi connectivity index (χ2v) is 5.38. The van der Waals surface area contributed by atoms with Crippen LogP contribution < -0.4 is 10.1 Å². The average Bonchev–Trinajstić information content (AvgIpc) is 2.90. The van der Waals surface area contributed by atoms with Crippen LogP contribution >= 0.6 is 0 Å². The highest BCUT2D eigenvalue weighted by Gasteiger charge is 2.31. The van der Waals surface area contributed by atoms with E-state index < -0.39 is 18.1 Å². The highest BCUT2D eigenvalue weighted by molar-refractivity contribution is 5.89. The quantitative estimate of drug-likeness (QED) is 0.857. The van der Waals surface area contributed by atoms with E-state index in [1.165, 1.54) is 18.2 Å². The van der Waals surface area contributed by atoms with Crippen molar-refractivity contribution in [1.29, 1.82) is 0 Å². The molecular formula is C16H19F3N4O2. The van der Waals surface area contributed by atoms with Gasteiger partial charge in [-0.2, -0.15) is 0 Å². The maximum absolute atomic E-state index is 12.5. The first-order valence-corrected chi connectivity index (χ1v) is 7.66. The number of hydrogen-bond acceptors (Lipinski definition) is 3. The first-order chi connectivity index (χ1) is 11.8. The fraction of sp³-hybridized carbons (Fsp3) is 0.375. The molecule has 1 aromatic carbocycles. The van der Waals surface area contributed by atoms with Gasteiger partial charge in [-0.05, 0) is 18.6 Å². The maximum Gasteiger partial charge on any atom is 0.573 e. The number of ether oxygens (including phenoxy) is 1. The summed E-state index contributed by atoms with van der Waals surface area (Å²) >= 11 is 0. The Balaban J connectivity index is 2.07. The molecule has 0 atom stereocenters. The Morgan fingerprint density at radius 1 is 1.40 bits per heavy atom. The number of rotatable bonds is 6. The number of halogens is 3. The summed E-state index contributed by atoms with van der Waals surface area (Å²) in [6.07, 6.45) is -0.644. The molecule has 0 aliphatic heterocycles. The maximum atomic E-state index is 12.5. The lowest BCUT2D eigenvalue weighted by atomic mass is 10.3. The van der Waals surface area contributed by atoms with Gasteiger partial charge in [0, 0.05) is 37.7 Å². The monoisotopic (exact) mass is 356 g/mol. The van der Waals surface area contributed by atoms with Crippen LogP contribution in [0.3, 0.4) is 0 Å². The third kappa shape index (κ3) is 5.70. The zero-order chi connectivity index (χ0) is 18.4. The first-order valence-electron chi connectivity index (χ1n) is 7.66. The number of carbonyl (C=O) groups is 1. The molecule has 0 unspecified atom stereocenters. The third-order valence-electron chi connectivity index (χ3n) is 3.35. The molecule has 0 radical (unpaired) electrons. The summed E-state index contributed by atoms with van der Waals surface area (Å²) in [5.74, 6) is 0.314. The molecule has 0 aliphatic rings. The van der Waals surface area contributed by atoms with E-state index in [0.29, 0.717) is 18.9 Å². The van der Waals surface area contributed by atoms with Gasteiger partial charge in [-0.25, -0.2) is 9.78 Å². The van der Waals surface area contributed by atoms with E-state index in [9.17, 15) is 18.0 Å². The van der Waals surface area contributed by atoms with Gasteiger partial charge in [-0.1, -0.05) is 13.0 Å². The van der Waals surface area contributed by atoms with Crippen molar-refractivity contribution in [2.45, 2.75) is 26.3 Å². The van der Waals surface area contributed by atoms with Gasteiger partial charge in [0.25, 0.3) is 0 Å². The summed E-state index contributed by atoms with van der Waals surface area (Å²) in [5.41, 5.74) is 0.215. The molecule has 2 rings (SSSR count). The number of nitrogens with zero attached hydrogens (tertiary/aromatic N) is 3. The molecule has 2 amide bonds. The molecule has 0 aliphatic carbocycles. The lowest BCUT2D eigenvalue weighted by molar-refractivity contribution is -0.274. The minimum absolute atomic E-state index is 0.215. The summed E-state index contributed by atoms with van der Waals surface area (Å²) in [4.78, 5) is 18.2. The lowest BCUT2D eigenvalue weighted by Gasteiger charge is -2.22. The molecular weight excluding hydrogens is 337 g/mol.